The number of nitrogens with one attached hydrogen (secondary N) is 3. The van der Waals surface area contributed by atoms with E-state index in [1.807, 2.05) is 30.5 Å². The van der Waals surface area contributed by atoms with Crippen molar-refractivity contribution >= 4 is 34.6 Å². The molecule has 11 heteroatoms. The molecule has 1 aliphatic heterocycles. The zero-order valence-corrected chi connectivity index (χ0v) is 20.5. The molecular weight excluding hydrogens is 464 g/mol. The summed E-state index contributed by atoms with van der Waals surface area (Å²) in [5.74, 6) is -2.50. The molecule has 1 aromatic heterocycles. The third-order valence-corrected chi connectivity index (χ3v) is 6.58. The van der Waals surface area contributed by atoms with Crippen molar-refractivity contribution in [2.45, 2.75) is 69.6 Å². The van der Waals surface area contributed by atoms with Gasteiger partial charge in [0.05, 0.1) is 6.04 Å². The first-order valence-corrected chi connectivity index (χ1v) is 12.4. The summed E-state index contributed by atoms with van der Waals surface area (Å²) in [7, 11) is 0. The number of nitrogens with two attached hydrogens (primary N) is 2. The number of aromatic amines is 1. The first-order chi connectivity index (χ1) is 17.2. The van der Waals surface area contributed by atoms with Crippen LogP contribution in [-0.4, -0.2) is 75.9 Å². The number of rotatable bonds is 12. The van der Waals surface area contributed by atoms with Gasteiger partial charge in [0, 0.05) is 23.6 Å². The molecule has 11 nitrogen and oxygen atoms in total. The van der Waals surface area contributed by atoms with Crippen molar-refractivity contribution in [2.24, 2.45) is 11.5 Å². The van der Waals surface area contributed by atoms with E-state index in [0.29, 0.717) is 45.2 Å². The maximum absolute atomic E-state index is 13.1. The molecule has 0 radical (unpaired) electrons. The lowest BCUT2D eigenvalue weighted by Crippen LogP contribution is -2.56. The first kappa shape index (κ1) is 27.2. The lowest BCUT2D eigenvalue weighted by atomic mass is 10.0. The minimum absolute atomic E-state index is 0.264. The predicted octanol–water partition coefficient (Wildman–Crippen LogP) is 0.232. The Hall–Kier alpha value is -3.44. The molecule has 0 bridgehead atoms. The van der Waals surface area contributed by atoms with Crippen LogP contribution in [0.15, 0.2) is 30.5 Å². The van der Waals surface area contributed by atoms with Gasteiger partial charge in [-0.15, -0.1) is 0 Å². The summed E-state index contributed by atoms with van der Waals surface area (Å²) >= 11 is 0. The minimum atomic E-state index is -1.12. The van der Waals surface area contributed by atoms with Crippen LogP contribution in [0.5, 0.6) is 0 Å². The Morgan fingerprint density at radius 2 is 1.94 bits per heavy atom. The molecule has 1 fully saturated rings. The van der Waals surface area contributed by atoms with E-state index in [-0.39, 0.29) is 6.42 Å². The first-order valence-electron chi connectivity index (χ1n) is 12.4. The fourth-order valence-electron chi connectivity index (χ4n) is 4.58. The number of benzene rings is 1. The lowest BCUT2D eigenvalue weighted by Gasteiger charge is -2.28. The Morgan fingerprint density at radius 3 is 2.67 bits per heavy atom. The molecule has 0 saturated carbocycles. The Morgan fingerprint density at radius 1 is 1.19 bits per heavy atom. The highest BCUT2D eigenvalue weighted by Crippen LogP contribution is 2.20. The van der Waals surface area contributed by atoms with Crippen molar-refractivity contribution < 1.29 is 24.3 Å². The molecule has 3 rings (SSSR count). The number of hydrogen-bond donors (Lipinski definition) is 6. The molecule has 0 aliphatic carbocycles. The van der Waals surface area contributed by atoms with Crippen LogP contribution in [0.25, 0.3) is 10.9 Å². The number of likely N-dealkylation sites (tertiary alicyclic amines) is 1. The van der Waals surface area contributed by atoms with Gasteiger partial charge in [-0.1, -0.05) is 18.2 Å². The second-order valence-corrected chi connectivity index (χ2v) is 9.27. The van der Waals surface area contributed by atoms with Gasteiger partial charge in [0.2, 0.25) is 17.7 Å². The zero-order chi connectivity index (χ0) is 26.2. The van der Waals surface area contributed by atoms with E-state index in [2.05, 4.69) is 15.6 Å². The highest BCUT2D eigenvalue weighted by atomic mass is 16.4. The molecular formula is C25H36N6O5. The third kappa shape index (κ3) is 6.61. The SMILES string of the molecule is CC(NC(=O)C(N)Cc1c[nH]c2ccccc12)C(=O)N1CCCC1C(=O)NC(CCCCN)C(=O)O. The highest BCUT2D eigenvalue weighted by molar-refractivity contribution is 5.94. The van der Waals surface area contributed by atoms with Crippen LogP contribution in [0.3, 0.4) is 0 Å². The fraction of sp³-hybridized carbons (Fsp3) is 0.520. The number of carbonyl (C=O) groups excluding carboxylic acids is 3. The van der Waals surface area contributed by atoms with Crippen LogP contribution < -0.4 is 22.1 Å². The van der Waals surface area contributed by atoms with Gasteiger partial charge in [0.1, 0.15) is 18.1 Å². The number of carboxylic acids is 1. The normalized spacial score (nSPS) is 18.0. The monoisotopic (exact) mass is 500 g/mol. The summed E-state index contributed by atoms with van der Waals surface area (Å²) in [6.45, 7) is 2.35. The molecule has 1 aromatic carbocycles. The Kier molecular flexibility index (Phi) is 9.43. The standard InChI is InChI=1S/C25H36N6O5/c1-15(29-22(32)18(27)13-16-14-28-19-8-3-2-7-17(16)19)24(34)31-12-6-10-21(31)23(33)30-20(25(35)36)9-4-5-11-26/h2-3,7-8,14-15,18,20-21,28H,4-6,9-13,26-27H2,1H3,(H,29,32)(H,30,33)(H,35,36). The largest absolute Gasteiger partial charge is 0.480 e. The average molecular weight is 501 g/mol. The van der Waals surface area contributed by atoms with E-state index in [1.54, 1.807) is 6.92 Å². The second-order valence-electron chi connectivity index (χ2n) is 9.27. The summed E-state index contributed by atoms with van der Waals surface area (Å²) in [5.41, 5.74) is 13.4. The minimum Gasteiger partial charge on any atom is -0.480 e. The smallest absolute Gasteiger partial charge is 0.326 e. The Bertz CT molecular complexity index is 1090. The number of nitrogens with zero attached hydrogens (tertiary/aromatic N) is 1. The van der Waals surface area contributed by atoms with Crippen LogP contribution >= 0.6 is 0 Å². The molecule has 36 heavy (non-hydrogen) atoms. The Labute approximate surface area is 210 Å². The molecule has 4 atom stereocenters. The van der Waals surface area contributed by atoms with E-state index < -0.39 is 47.9 Å². The molecule has 0 spiro atoms. The van der Waals surface area contributed by atoms with Crippen molar-refractivity contribution in [1.29, 1.82) is 0 Å². The van der Waals surface area contributed by atoms with E-state index in [0.717, 1.165) is 16.5 Å². The third-order valence-electron chi connectivity index (χ3n) is 6.58. The summed E-state index contributed by atoms with van der Waals surface area (Å²) < 4.78 is 0. The maximum Gasteiger partial charge on any atom is 0.326 e. The molecule has 8 N–H and O–H groups in total. The number of unbranched alkanes of at least 4 members (excludes halogenated alkanes) is 1. The van der Waals surface area contributed by atoms with Crippen molar-refractivity contribution in [1.82, 2.24) is 20.5 Å². The quantitative estimate of drug-likeness (QED) is 0.225. The van der Waals surface area contributed by atoms with Gasteiger partial charge in [-0.25, -0.2) is 4.79 Å². The molecule has 1 aliphatic rings. The fourth-order valence-corrected chi connectivity index (χ4v) is 4.58. The van der Waals surface area contributed by atoms with Crippen molar-refractivity contribution in [2.75, 3.05) is 13.1 Å². The number of amides is 3. The number of aromatic nitrogens is 1. The van der Waals surface area contributed by atoms with E-state index >= 15 is 0 Å². The number of para-hydroxylation sites is 1. The number of aliphatic carboxylic acids is 1. The van der Waals surface area contributed by atoms with Gasteiger partial charge in [-0.05, 0) is 63.6 Å². The summed E-state index contributed by atoms with van der Waals surface area (Å²) in [4.78, 5) is 54.8. The molecule has 1 saturated heterocycles. The van der Waals surface area contributed by atoms with Crippen LogP contribution in [0.1, 0.15) is 44.6 Å². The van der Waals surface area contributed by atoms with Crippen molar-refractivity contribution in [3.63, 3.8) is 0 Å². The number of H-pyrrole nitrogens is 1. The molecule has 4 unspecified atom stereocenters. The number of fused-ring (bicyclic) bond motifs is 1. The van der Waals surface area contributed by atoms with Gasteiger partial charge in [-0.2, -0.15) is 0 Å². The van der Waals surface area contributed by atoms with Crippen molar-refractivity contribution in [3.05, 3.63) is 36.0 Å². The molecule has 2 heterocycles. The van der Waals surface area contributed by atoms with Crippen LogP contribution in [0.4, 0.5) is 0 Å². The van der Waals surface area contributed by atoms with Crippen molar-refractivity contribution in [3.8, 4) is 0 Å². The van der Waals surface area contributed by atoms with Gasteiger partial charge < -0.3 is 37.1 Å². The molecule has 2 aromatic rings. The summed E-state index contributed by atoms with van der Waals surface area (Å²) in [6.07, 6.45) is 4.64. The zero-order valence-electron chi connectivity index (χ0n) is 20.5. The molecule has 196 valence electrons. The number of hydrogen-bond acceptors (Lipinski definition) is 6. The van der Waals surface area contributed by atoms with E-state index in [4.69, 9.17) is 11.5 Å². The van der Waals surface area contributed by atoms with E-state index in [9.17, 15) is 24.3 Å². The average Bonchev–Trinajstić information content (AvgIpc) is 3.50. The topological polar surface area (TPSA) is 184 Å². The number of carbonyl (C=O) groups is 4. The van der Waals surface area contributed by atoms with Crippen LogP contribution in [0.2, 0.25) is 0 Å². The van der Waals surface area contributed by atoms with Crippen LogP contribution in [-0.2, 0) is 25.6 Å². The molecule has 3 amide bonds. The summed E-state index contributed by atoms with van der Waals surface area (Å²) in [6, 6.07) is 4.14. The maximum atomic E-state index is 13.1. The van der Waals surface area contributed by atoms with Crippen LogP contribution in [0, 0.1) is 0 Å². The summed E-state index contributed by atoms with van der Waals surface area (Å²) in [5, 5.41) is 15.6. The Balaban J connectivity index is 1.56. The number of carboxylic acid groups (broad SMARTS) is 1. The van der Waals surface area contributed by atoms with E-state index in [1.165, 1.54) is 4.90 Å². The highest BCUT2D eigenvalue weighted by Gasteiger charge is 2.37. The predicted molar refractivity (Wildman–Crippen MR) is 135 cm³/mol. The van der Waals surface area contributed by atoms with Gasteiger partial charge in [-0.3, -0.25) is 14.4 Å². The van der Waals surface area contributed by atoms with Gasteiger partial charge in [0.15, 0.2) is 0 Å². The second kappa shape index (κ2) is 12.5. The van der Waals surface area contributed by atoms with Gasteiger partial charge in [0.25, 0.3) is 0 Å². The lowest BCUT2D eigenvalue weighted by molar-refractivity contribution is -0.144. The van der Waals surface area contributed by atoms with Gasteiger partial charge >= 0.3 is 5.97 Å².